The van der Waals surface area contributed by atoms with Crippen molar-refractivity contribution in [3.8, 4) is 5.75 Å². The zero-order valence-corrected chi connectivity index (χ0v) is 9.42. The SMILES string of the molecule is CCC(CC(=O)O)OC(=O)c1ccccc1O. The number of carboxylic acid groups (broad SMARTS) is 1. The van der Waals surface area contributed by atoms with E-state index in [2.05, 4.69) is 0 Å². The third-order valence-corrected chi connectivity index (χ3v) is 2.26. The summed E-state index contributed by atoms with van der Waals surface area (Å²) in [4.78, 5) is 22.2. The van der Waals surface area contributed by atoms with Crippen LogP contribution in [0.25, 0.3) is 0 Å². The van der Waals surface area contributed by atoms with Gasteiger partial charge in [0.05, 0.1) is 6.42 Å². The number of carbonyl (C=O) groups excluding carboxylic acids is 1. The van der Waals surface area contributed by atoms with Crippen LogP contribution in [-0.4, -0.2) is 28.3 Å². The van der Waals surface area contributed by atoms with Gasteiger partial charge >= 0.3 is 11.9 Å². The zero-order chi connectivity index (χ0) is 12.8. The van der Waals surface area contributed by atoms with E-state index in [1.165, 1.54) is 12.1 Å². The van der Waals surface area contributed by atoms with Gasteiger partial charge in [-0.05, 0) is 18.6 Å². The Kier molecular flexibility index (Phi) is 4.51. The number of aliphatic carboxylic acids is 1. The Labute approximate surface area is 98.6 Å². The number of rotatable bonds is 5. The quantitative estimate of drug-likeness (QED) is 0.764. The van der Waals surface area contributed by atoms with Crippen LogP contribution in [0.2, 0.25) is 0 Å². The Morgan fingerprint density at radius 1 is 1.35 bits per heavy atom. The molecule has 5 nitrogen and oxygen atoms in total. The first-order valence-corrected chi connectivity index (χ1v) is 5.25. The van der Waals surface area contributed by atoms with Gasteiger partial charge in [0, 0.05) is 0 Å². The Morgan fingerprint density at radius 3 is 2.53 bits per heavy atom. The molecule has 0 saturated carbocycles. The van der Waals surface area contributed by atoms with Crippen LogP contribution in [-0.2, 0) is 9.53 Å². The van der Waals surface area contributed by atoms with Gasteiger partial charge in [-0.25, -0.2) is 4.79 Å². The van der Waals surface area contributed by atoms with E-state index in [1.54, 1.807) is 19.1 Å². The molecule has 0 amide bonds. The lowest BCUT2D eigenvalue weighted by molar-refractivity contribution is -0.139. The molecule has 1 aromatic carbocycles. The molecule has 1 unspecified atom stereocenters. The van der Waals surface area contributed by atoms with Crippen molar-refractivity contribution in [1.82, 2.24) is 0 Å². The summed E-state index contributed by atoms with van der Waals surface area (Å²) in [5, 5.41) is 18.0. The first kappa shape index (κ1) is 13.0. The third kappa shape index (κ3) is 3.79. The highest BCUT2D eigenvalue weighted by Gasteiger charge is 2.19. The second-order valence-electron chi connectivity index (χ2n) is 3.55. The number of hydrogen-bond acceptors (Lipinski definition) is 4. The molecule has 0 aliphatic carbocycles. The van der Waals surface area contributed by atoms with Crippen LogP contribution in [0.15, 0.2) is 24.3 Å². The number of aromatic hydroxyl groups is 1. The van der Waals surface area contributed by atoms with E-state index in [4.69, 9.17) is 9.84 Å². The number of para-hydroxylation sites is 1. The molecule has 0 aromatic heterocycles. The van der Waals surface area contributed by atoms with Crippen molar-refractivity contribution in [2.45, 2.75) is 25.9 Å². The minimum Gasteiger partial charge on any atom is -0.507 e. The monoisotopic (exact) mass is 238 g/mol. The highest BCUT2D eigenvalue weighted by atomic mass is 16.5. The van der Waals surface area contributed by atoms with Crippen LogP contribution >= 0.6 is 0 Å². The van der Waals surface area contributed by atoms with E-state index >= 15 is 0 Å². The molecule has 0 fully saturated rings. The molecule has 0 bridgehead atoms. The van der Waals surface area contributed by atoms with Gasteiger partial charge in [-0.3, -0.25) is 4.79 Å². The number of phenols is 1. The summed E-state index contributed by atoms with van der Waals surface area (Å²) in [5.41, 5.74) is 0.0383. The number of carbonyl (C=O) groups is 2. The summed E-state index contributed by atoms with van der Waals surface area (Å²) in [7, 11) is 0. The Morgan fingerprint density at radius 2 is 2.00 bits per heavy atom. The highest BCUT2D eigenvalue weighted by Crippen LogP contribution is 2.18. The Balaban J connectivity index is 2.71. The number of ether oxygens (including phenoxy) is 1. The fourth-order valence-electron chi connectivity index (χ4n) is 1.33. The molecule has 0 radical (unpaired) electrons. The Bertz CT molecular complexity index is 413. The Hall–Kier alpha value is -2.04. The van der Waals surface area contributed by atoms with Gasteiger partial charge in [0.15, 0.2) is 0 Å². The summed E-state index contributed by atoms with van der Waals surface area (Å²) >= 11 is 0. The predicted molar refractivity (Wildman–Crippen MR) is 59.9 cm³/mol. The number of phenolic OH excluding ortho intramolecular Hbond substituents is 1. The lowest BCUT2D eigenvalue weighted by Crippen LogP contribution is -2.20. The summed E-state index contributed by atoms with van der Waals surface area (Å²) in [6, 6.07) is 5.97. The standard InChI is InChI=1S/C12H14O5/c1-2-8(7-11(14)15)17-12(16)9-5-3-4-6-10(9)13/h3-6,8,13H,2,7H2,1H3,(H,14,15). The summed E-state index contributed by atoms with van der Waals surface area (Å²) in [6.45, 7) is 1.73. The third-order valence-electron chi connectivity index (χ3n) is 2.26. The molecule has 0 aliphatic rings. The van der Waals surface area contributed by atoms with E-state index < -0.39 is 18.0 Å². The molecular formula is C12H14O5. The maximum Gasteiger partial charge on any atom is 0.342 e. The fourth-order valence-corrected chi connectivity index (χ4v) is 1.33. The molecule has 0 saturated heterocycles. The van der Waals surface area contributed by atoms with E-state index in [0.717, 1.165) is 0 Å². The van der Waals surface area contributed by atoms with Crippen LogP contribution in [0, 0.1) is 0 Å². The molecule has 0 spiro atoms. The summed E-state index contributed by atoms with van der Waals surface area (Å²) in [6.07, 6.45) is -0.513. The topological polar surface area (TPSA) is 83.8 Å². The van der Waals surface area contributed by atoms with Gasteiger partial charge in [0.1, 0.15) is 17.4 Å². The van der Waals surface area contributed by atoms with Crippen molar-refractivity contribution in [3.63, 3.8) is 0 Å². The van der Waals surface area contributed by atoms with Gasteiger partial charge in [0.2, 0.25) is 0 Å². The number of carboxylic acids is 1. The molecule has 1 rings (SSSR count). The molecule has 0 heterocycles. The second kappa shape index (κ2) is 5.89. The van der Waals surface area contributed by atoms with Crippen molar-refractivity contribution in [1.29, 1.82) is 0 Å². The van der Waals surface area contributed by atoms with E-state index in [0.29, 0.717) is 6.42 Å². The summed E-state index contributed by atoms with van der Waals surface area (Å²) < 4.78 is 5.00. The van der Waals surface area contributed by atoms with Gasteiger partial charge in [-0.15, -0.1) is 0 Å². The lowest BCUT2D eigenvalue weighted by atomic mass is 10.2. The first-order valence-electron chi connectivity index (χ1n) is 5.25. The molecule has 2 N–H and O–H groups in total. The van der Waals surface area contributed by atoms with Crippen molar-refractivity contribution in [2.75, 3.05) is 0 Å². The largest absolute Gasteiger partial charge is 0.507 e. The second-order valence-corrected chi connectivity index (χ2v) is 3.55. The average Bonchev–Trinajstić information content (AvgIpc) is 2.27. The van der Waals surface area contributed by atoms with Crippen LogP contribution in [0.5, 0.6) is 5.75 Å². The van der Waals surface area contributed by atoms with Crippen LogP contribution in [0.1, 0.15) is 30.1 Å². The van der Waals surface area contributed by atoms with E-state index in [9.17, 15) is 14.7 Å². The van der Waals surface area contributed by atoms with Gasteiger partial charge in [0.25, 0.3) is 0 Å². The minimum absolute atomic E-state index is 0.0383. The van der Waals surface area contributed by atoms with Crippen molar-refractivity contribution in [3.05, 3.63) is 29.8 Å². The molecule has 0 aliphatic heterocycles. The van der Waals surface area contributed by atoms with Gasteiger partial charge in [-0.1, -0.05) is 19.1 Å². The van der Waals surface area contributed by atoms with Gasteiger partial charge < -0.3 is 14.9 Å². The molecule has 1 aromatic rings. The van der Waals surface area contributed by atoms with E-state index in [1.807, 2.05) is 0 Å². The average molecular weight is 238 g/mol. The zero-order valence-electron chi connectivity index (χ0n) is 9.42. The number of hydrogen-bond donors (Lipinski definition) is 2. The molecule has 5 heteroatoms. The minimum atomic E-state index is -1.03. The normalized spacial score (nSPS) is 11.8. The summed E-state index contributed by atoms with van der Waals surface area (Å²) in [5.74, 6) is -1.92. The maximum atomic E-state index is 11.6. The first-order chi connectivity index (χ1) is 8.04. The van der Waals surface area contributed by atoms with E-state index in [-0.39, 0.29) is 17.7 Å². The fraction of sp³-hybridized carbons (Fsp3) is 0.333. The van der Waals surface area contributed by atoms with Crippen LogP contribution < -0.4 is 0 Å². The van der Waals surface area contributed by atoms with Crippen molar-refractivity contribution >= 4 is 11.9 Å². The molecule has 1 atom stereocenters. The van der Waals surface area contributed by atoms with Crippen molar-refractivity contribution < 1.29 is 24.5 Å². The molecule has 17 heavy (non-hydrogen) atoms. The van der Waals surface area contributed by atoms with Crippen LogP contribution in [0.3, 0.4) is 0 Å². The van der Waals surface area contributed by atoms with Crippen LogP contribution in [0.4, 0.5) is 0 Å². The molecule has 92 valence electrons. The lowest BCUT2D eigenvalue weighted by Gasteiger charge is -2.14. The van der Waals surface area contributed by atoms with Gasteiger partial charge in [-0.2, -0.15) is 0 Å². The molecular weight excluding hydrogens is 224 g/mol. The number of esters is 1. The van der Waals surface area contributed by atoms with Crippen molar-refractivity contribution in [2.24, 2.45) is 0 Å². The number of benzene rings is 1. The predicted octanol–water partition coefficient (Wildman–Crippen LogP) is 1.80. The smallest absolute Gasteiger partial charge is 0.342 e. The maximum absolute atomic E-state index is 11.6. The highest BCUT2D eigenvalue weighted by molar-refractivity contribution is 5.92.